The lowest BCUT2D eigenvalue weighted by Crippen LogP contribution is -2.29. The predicted molar refractivity (Wildman–Crippen MR) is 67.4 cm³/mol. The quantitative estimate of drug-likeness (QED) is 0.807. The number of ether oxygens (including phenoxy) is 1. The third kappa shape index (κ3) is 2.81. The Labute approximate surface area is 109 Å². The van der Waals surface area contributed by atoms with E-state index >= 15 is 0 Å². The number of carbonyl (C=O) groups is 2. The molecule has 6 heteroatoms. The van der Waals surface area contributed by atoms with E-state index in [2.05, 4.69) is 15.4 Å². The molecule has 1 aliphatic heterocycles. The van der Waals surface area contributed by atoms with Gasteiger partial charge >= 0.3 is 12.0 Å². The lowest BCUT2D eigenvalue weighted by Gasteiger charge is -2.10. The van der Waals surface area contributed by atoms with Crippen LogP contribution in [0.15, 0.2) is 30.0 Å². The van der Waals surface area contributed by atoms with E-state index in [0.29, 0.717) is 16.4 Å². The van der Waals surface area contributed by atoms with Gasteiger partial charge in [-0.25, -0.2) is 9.59 Å². The van der Waals surface area contributed by atoms with Crippen molar-refractivity contribution in [2.24, 2.45) is 0 Å². The number of rotatable bonds is 2. The maximum atomic E-state index is 11.7. The van der Waals surface area contributed by atoms with E-state index in [0.717, 1.165) is 5.56 Å². The van der Waals surface area contributed by atoms with Crippen molar-refractivity contribution in [1.29, 1.82) is 0 Å². The Morgan fingerprint density at radius 1 is 1.39 bits per heavy atom. The van der Waals surface area contributed by atoms with Gasteiger partial charge in [0.2, 0.25) is 0 Å². The van der Waals surface area contributed by atoms with Crippen LogP contribution < -0.4 is 10.6 Å². The second-order valence-electron chi connectivity index (χ2n) is 3.77. The highest BCUT2D eigenvalue weighted by Crippen LogP contribution is 2.22. The molecule has 1 aliphatic rings. The standard InChI is InChI=1S/C12H11ClN2O3/c1-7-9(13)3-2-4-10(7)15-12(17)14-8-5-11(16)18-6-8/h2-5H,6H2,1H3,(H2,14,15,17). The van der Waals surface area contributed by atoms with Gasteiger partial charge in [-0.1, -0.05) is 17.7 Å². The average Bonchev–Trinajstić information content (AvgIpc) is 2.70. The van der Waals surface area contributed by atoms with E-state index in [-0.39, 0.29) is 6.61 Å². The average molecular weight is 267 g/mol. The number of hydrogen-bond donors (Lipinski definition) is 2. The van der Waals surface area contributed by atoms with Crippen LogP contribution in [0.5, 0.6) is 0 Å². The maximum Gasteiger partial charge on any atom is 0.333 e. The largest absolute Gasteiger partial charge is 0.456 e. The molecule has 94 valence electrons. The van der Waals surface area contributed by atoms with Crippen LogP contribution in [0.4, 0.5) is 10.5 Å². The van der Waals surface area contributed by atoms with Crippen molar-refractivity contribution in [1.82, 2.24) is 5.32 Å². The summed E-state index contributed by atoms with van der Waals surface area (Å²) in [6, 6.07) is 4.79. The number of esters is 1. The Balaban J connectivity index is 2.01. The molecule has 2 N–H and O–H groups in total. The van der Waals surface area contributed by atoms with Crippen molar-refractivity contribution < 1.29 is 14.3 Å². The van der Waals surface area contributed by atoms with Crippen molar-refractivity contribution in [3.63, 3.8) is 0 Å². The van der Waals surface area contributed by atoms with Gasteiger partial charge in [0.25, 0.3) is 0 Å². The minimum atomic E-state index is -0.454. The van der Waals surface area contributed by atoms with Crippen LogP contribution in [0.25, 0.3) is 0 Å². The molecule has 0 aromatic heterocycles. The lowest BCUT2D eigenvalue weighted by molar-refractivity contribution is -0.134. The molecule has 1 heterocycles. The van der Waals surface area contributed by atoms with Crippen molar-refractivity contribution >= 4 is 29.3 Å². The number of amides is 2. The van der Waals surface area contributed by atoms with Crippen LogP contribution in [0.1, 0.15) is 5.56 Å². The Morgan fingerprint density at radius 3 is 2.83 bits per heavy atom. The Bertz CT molecular complexity index is 540. The number of hydrogen-bond acceptors (Lipinski definition) is 3. The van der Waals surface area contributed by atoms with Crippen LogP contribution in [-0.2, 0) is 9.53 Å². The molecule has 2 amide bonds. The monoisotopic (exact) mass is 266 g/mol. The molecule has 0 aliphatic carbocycles. The van der Waals surface area contributed by atoms with Gasteiger partial charge in [0.05, 0.1) is 5.70 Å². The van der Waals surface area contributed by atoms with E-state index in [1.807, 2.05) is 0 Å². The molecular weight excluding hydrogens is 256 g/mol. The van der Waals surface area contributed by atoms with Crippen LogP contribution in [-0.4, -0.2) is 18.6 Å². The first-order valence-electron chi connectivity index (χ1n) is 5.26. The number of cyclic esters (lactones) is 1. The minimum Gasteiger partial charge on any atom is -0.456 e. The van der Waals surface area contributed by atoms with E-state index in [4.69, 9.17) is 11.6 Å². The Morgan fingerprint density at radius 2 is 2.17 bits per heavy atom. The molecular formula is C12H11ClN2O3. The molecule has 2 rings (SSSR count). The third-order valence-electron chi connectivity index (χ3n) is 2.45. The first kappa shape index (κ1) is 12.4. The Kier molecular flexibility index (Phi) is 3.53. The second kappa shape index (κ2) is 5.10. The summed E-state index contributed by atoms with van der Waals surface area (Å²) in [5.41, 5.74) is 1.82. The third-order valence-corrected chi connectivity index (χ3v) is 2.86. The Hall–Kier alpha value is -2.01. The summed E-state index contributed by atoms with van der Waals surface area (Å²) in [5, 5.41) is 5.75. The van der Waals surface area contributed by atoms with Gasteiger partial charge in [-0.3, -0.25) is 0 Å². The van der Waals surface area contributed by atoms with Gasteiger partial charge < -0.3 is 15.4 Å². The molecule has 0 atom stereocenters. The summed E-state index contributed by atoms with van der Waals surface area (Å²) in [6.07, 6.45) is 1.24. The highest BCUT2D eigenvalue weighted by atomic mass is 35.5. The van der Waals surface area contributed by atoms with E-state index in [9.17, 15) is 9.59 Å². The smallest absolute Gasteiger partial charge is 0.333 e. The van der Waals surface area contributed by atoms with Crippen molar-refractivity contribution in [3.8, 4) is 0 Å². The fourth-order valence-electron chi connectivity index (χ4n) is 1.49. The van der Waals surface area contributed by atoms with E-state index in [1.165, 1.54) is 6.08 Å². The van der Waals surface area contributed by atoms with Gasteiger partial charge in [0.15, 0.2) is 0 Å². The summed E-state index contributed by atoms with van der Waals surface area (Å²) >= 11 is 5.94. The van der Waals surface area contributed by atoms with Gasteiger partial charge in [0, 0.05) is 16.8 Å². The summed E-state index contributed by atoms with van der Waals surface area (Å²) in [7, 11) is 0. The van der Waals surface area contributed by atoms with Crippen molar-refractivity contribution in [3.05, 3.63) is 40.6 Å². The van der Waals surface area contributed by atoms with Crippen molar-refractivity contribution in [2.45, 2.75) is 6.92 Å². The molecule has 1 aromatic rings. The number of halogens is 1. The molecule has 0 radical (unpaired) electrons. The first-order chi connectivity index (χ1) is 8.56. The van der Waals surface area contributed by atoms with Gasteiger partial charge in [-0.2, -0.15) is 0 Å². The molecule has 0 unspecified atom stereocenters. The highest BCUT2D eigenvalue weighted by molar-refractivity contribution is 6.31. The lowest BCUT2D eigenvalue weighted by atomic mass is 10.2. The minimum absolute atomic E-state index is 0.0841. The fourth-order valence-corrected chi connectivity index (χ4v) is 1.66. The topological polar surface area (TPSA) is 67.4 Å². The van der Waals surface area contributed by atoms with E-state index in [1.54, 1.807) is 25.1 Å². The van der Waals surface area contributed by atoms with Gasteiger partial charge in [0.1, 0.15) is 6.61 Å². The molecule has 0 bridgehead atoms. The molecule has 0 spiro atoms. The van der Waals surface area contributed by atoms with Crippen LogP contribution in [0.2, 0.25) is 5.02 Å². The normalized spacial score (nSPS) is 13.9. The zero-order valence-corrected chi connectivity index (χ0v) is 10.4. The summed E-state index contributed by atoms with van der Waals surface area (Å²) in [4.78, 5) is 22.5. The summed E-state index contributed by atoms with van der Waals surface area (Å²) in [6.45, 7) is 1.89. The summed E-state index contributed by atoms with van der Waals surface area (Å²) < 4.78 is 4.66. The highest BCUT2D eigenvalue weighted by Gasteiger charge is 2.15. The first-order valence-corrected chi connectivity index (χ1v) is 5.64. The van der Waals surface area contributed by atoms with Crippen LogP contribution in [0, 0.1) is 6.92 Å². The predicted octanol–water partition coefficient (Wildman–Crippen LogP) is 2.21. The fraction of sp³-hybridized carbons (Fsp3) is 0.167. The van der Waals surface area contributed by atoms with Crippen LogP contribution >= 0.6 is 11.6 Å². The number of urea groups is 1. The maximum absolute atomic E-state index is 11.7. The number of anilines is 1. The molecule has 0 fully saturated rings. The number of nitrogens with one attached hydrogen (secondary N) is 2. The van der Waals surface area contributed by atoms with E-state index < -0.39 is 12.0 Å². The number of benzene rings is 1. The SMILES string of the molecule is Cc1c(Cl)cccc1NC(=O)NC1=CC(=O)OC1. The molecule has 5 nitrogen and oxygen atoms in total. The van der Waals surface area contributed by atoms with Crippen LogP contribution in [0.3, 0.4) is 0 Å². The molecule has 18 heavy (non-hydrogen) atoms. The molecule has 0 saturated heterocycles. The van der Waals surface area contributed by atoms with Gasteiger partial charge in [-0.05, 0) is 24.6 Å². The number of carbonyl (C=O) groups excluding carboxylic acids is 2. The molecule has 1 aromatic carbocycles. The van der Waals surface area contributed by atoms with Gasteiger partial charge in [-0.15, -0.1) is 0 Å². The zero-order chi connectivity index (χ0) is 13.1. The van der Waals surface area contributed by atoms with Crippen molar-refractivity contribution in [2.75, 3.05) is 11.9 Å². The second-order valence-corrected chi connectivity index (χ2v) is 4.18. The zero-order valence-electron chi connectivity index (χ0n) is 9.62. The molecule has 0 saturated carbocycles. The summed E-state index contributed by atoms with van der Waals surface area (Å²) in [5.74, 6) is -0.454.